The first-order chi connectivity index (χ1) is 10.6. The molecule has 1 aliphatic heterocycles. The van der Waals surface area contributed by atoms with Gasteiger partial charge in [-0.2, -0.15) is 0 Å². The van der Waals surface area contributed by atoms with Gasteiger partial charge in [-0.1, -0.05) is 30.3 Å². The second kappa shape index (κ2) is 6.91. The molecule has 6 heteroatoms. The van der Waals surface area contributed by atoms with Crippen LogP contribution < -0.4 is 4.72 Å². The normalized spacial score (nSPS) is 15.6. The number of nitrogens with one attached hydrogen (secondary N) is 1. The predicted octanol–water partition coefficient (Wildman–Crippen LogP) is 2.47. The quantitative estimate of drug-likeness (QED) is 0.825. The molecule has 0 unspecified atom stereocenters. The molecule has 0 atom stereocenters. The zero-order valence-corrected chi connectivity index (χ0v) is 14.0. The lowest BCUT2D eigenvalue weighted by molar-refractivity contribution is 0.251. The Hall–Kier alpha value is -1.21. The molecule has 0 saturated heterocycles. The molecule has 0 spiro atoms. The third kappa shape index (κ3) is 3.76. The van der Waals surface area contributed by atoms with Crippen LogP contribution in [0.15, 0.2) is 46.0 Å². The monoisotopic (exact) mass is 336 g/mol. The number of benzene rings is 1. The van der Waals surface area contributed by atoms with E-state index in [4.69, 9.17) is 0 Å². The van der Waals surface area contributed by atoms with E-state index in [-0.39, 0.29) is 0 Å². The highest BCUT2D eigenvalue weighted by Crippen LogP contribution is 2.18. The highest BCUT2D eigenvalue weighted by molar-refractivity contribution is 7.91. The van der Waals surface area contributed by atoms with E-state index in [2.05, 4.69) is 33.9 Å². The molecule has 2 heterocycles. The molecule has 1 aromatic carbocycles. The fourth-order valence-corrected chi connectivity index (χ4v) is 4.85. The first-order valence-corrected chi connectivity index (χ1v) is 9.84. The van der Waals surface area contributed by atoms with Crippen molar-refractivity contribution >= 4 is 21.4 Å². The summed E-state index contributed by atoms with van der Waals surface area (Å²) in [6, 6.07) is 11.9. The Labute approximate surface area is 135 Å². The fourth-order valence-electron chi connectivity index (χ4n) is 2.74. The Morgan fingerprint density at radius 1 is 1.14 bits per heavy atom. The van der Waals surface area contributed by atoms with Crippen LogP contribution in [0.4, 0.5) is 0 Å². The summed E-state index contributed by atoms with van der Waals surface area (Å²) >= 11 is 1.25. The summed E-state index contributed by atoms with van der Waals surface area (Å²) in [4.78, 5) is 2.39. The molecule has 0 bridgehead atoms. The zero-order valence-electron chi connectivity index (χ0n) is 12.4. The standard InChI is InChI=1S/C16H20N2O2S2/c19-22(20,16-7-3-12-21-16)17-9-4-10-18-11-8-14-5-1-2-6-15(14)13-18/h1-3,5-7,12,17H,4,8-11,13H2. The van der Waals surface area contributed by atoms with Crippen LogP contribution in [0.5, 0.6) is 0 Å². The van der Waals surface area contributed by atoms with Crippen molar-refractivity contribution in [2.24, 2.45) is 0 Å². The molecule has 0 aliphatic carbocycles. The lowest BCUT2D eigenvalue weighted by atomic mass is 10.00. The third-order valence-corrected chi connectivity index (χ3v) is 6.77. The summed E-state index contributed by atoms with van der Waals surface area (Å²) in [5.74, 6) is 0. The van der Waals surface area contributed by atoms with E-state index in [0.29, 0.717) is 10.8 Å². The van der Waals surface area contributed by atoms with Crippen LogP contribution in [0.3, 0.4) is 0 Å². The Bertz CT molecular complexity index is 712. The van der Waals surface area contributed by atoms with Crippen molar-refractivity contribution in [2.75, 3.05) is 19.6 Å². The Morgan fingerprint density at radius 3 is 2.73 bits per heavy atom. The smallest absolute Gasteiger partial charge is 0.250 e. The van der Waals surface area contributed by atoms with Gasteiger partial charge in [-0.25, -0.2) is 13.1 Å². The van der Waals surface area contributed by atoms with Crippen LogP contribution in [0.25, 0.3) is 0 Å². The maximum Gasteiger partial charge on any atom is 0.250 e. The number of nitrogens with zero attached hydrogens (tertiary/aromatic N) is 1. The van der Waals surface area contributed by atoms with Crippen LogP contribution in [0.1, 0.15) is 17.5 Å². The van der Waals surface area contributed by atoms with E-state index in [1.807, 2.05) is 0 Å². The van der Waals surface area contributed by atoms with Crippen molar-refractivity contribution in [2.45, 2.75) is 23.6 Å². The van der Waals surface area contributed by atoms with Crippen molar-refractivity contribution in [3.8, 4) is 0 Å². The van der Waals surface area contributed by atoms with Crippen molar-refractivity contribution in [3.63, 3.8) is 0 Å². The molecule has 2 aromatic rings. The summed E-state index contributed by atoms with van der Waals surface area (Å²) < 4.78 is 27.1. The van der Waals surface area contributed by atoms with Gasteiger partial charge in [0, 0.05) is 19.6 Å². The van der Waals surface area contributed by atoms with E-state index in [1.165, 1.54) is 22.5 Å². The highest BCUT2D eigenvalue weighted by Gasteiger charge is 2.16. The van der Waals surface area contributed by atoms with Crippen molar-refractivity contribution in [1.82, 2.24) is 9.62 Å². The van der Waals surface area contributed by atoms with Gasteiger partial charge in [0.2, 0.25) is 10.0 Å². The number of hydrogen-bond donors (Lipinski definition) is 1. The van der Waals surface area contributed by atoms with E-state index in [1.54, 1.807) is 17.5 Å². The van der Waals surface area contributed by atoms with Gasteiger partial charge in [-0.05, 0) is 42.0 Å². The third-order valence-electron chi connectivity index (χ3n) is 3.91. The largest absolute Gasteiger partial charge is 0.299 e. The van der Waals surface area contributed by atoms with E-state index in [9.17, 15) is 8.42 Å². The second-order valence-electron chi connectivity index (χ2n) is 5.48. The molecule has 1 N–H and O–H groups in total. The molecule has 1 aromatic heterocycles. The predicted molar refractivity (Wildman–Crippen MR) is 89.5 cm³/mol. The first-order valence-electron chi connectivity index (χ1n) is 7.47. The number of hydrogen-bond acceptors (Lipinski definition) is 4. The van der Waals surface area contributed by atoms with E-state index in [0.717, 1.165) is 32.5 Å². The number of thiophene rings is 1. The summed E-state index contributed by atoms with van der Waals surface area (Å²) in [6.45, 7) is 3.42. The van der Waals surface area contributed by atoms with Gasteiger partial charge >= 0.3 is 0 Å². The maximum absolute atomic E-state index is 12.0. The summed E-state index contributed by atoms with van der Waals surface area (Å²) in [5, 5.41) is 1.78. The van der Waals surface area contributed by atoms with Gasteiger partial charge in [-0.15, -0.1) is 11.3 Å². The molecular formula is C16H20N2O2S2. The van der Waals surface area contributed by atoms with Gasteiger partial charge in [0.05, 0.1) is 0 Å². The SMILES string of the molecule is O=S(=O)(NCCCN1CCc2ccccc2C1)c1cccs1. The van der Waals surface area contributed by atoms with Crippen LogP contribution >= 0.6 is 11.3 Å². The minimum absolute atomic E-state index is 0.388. The summed E-state index contributed by atoms with van der Waals surface area (Å²) in [5.41, 5.74) is 2.84. The van der Waals surface area contributed by atoms with Gasteiger partial charge in [0.25, 0.3) is 0 Å². The number of sulfonamides is 1. The molecular weight excluding hydrogens is 316 g/mol. The molecule has 0 amide bonds. The van der Waals surface area contributed by atoms with Gasteiger partial charge in [0.1, 0.15) is 4.21 Å². The molecule has 3 rings (SSSR count). The lowest BCUT2D eigenvalue weighted by Crippen LogP contribution is -2.33. The molecule has 0 fully saturated rings. The van der Waals surface area contributed by atoms with Crippen LogP contribution in [-0.4, -0.2) is 33.0 Å². The second-order valence-corrected chi connectivity index (χ2v) is 8.42. The number of rotatable bonds is 6. The molecule has 0 saturated carbocycles. The Kier molecular flexibility index (Phi) is 4.93. The van der Waals surface area contributed by atoms with Gasteiger partial charge in [-0.3, -0.25) is 4.90 Å². The fraction of sp³-hybridized carbons (Fsp3) is 0.375. The molecule has 0 radical (unpaired) electrons. The maximum atomic E-state index is 12.0. The topological polar surface area (TPSA) is 49.4 Å². The average Bonchev–Trinajstić information content (AvgIpc) is 3.07. The van der Waals surface area contributed by atoms with Crippen molar-refractivity contribution in [3.05, 3.63) is 52.9 Å². The molecule has 1 aliphatic rings. The van der Waals surface area contributed by atoms with Crippen LogP contribution in [0.2, 0.25) is 0 Å². The average molecular weight is 336 g/mol. The first kappa shape index (κ1) is 15.7. The van der Waals surface area contributed by atoms with Crippen LogP contribution in [-0.2, 0) is 23.0 Å². The summed E-state index contributed by atoms with van der Waals surface area (Å²) in [7, 11) is -3.32. The van der Waals surface area contributed by atoms with Crippen LogP contribution in [0, 0.1) is 0 Å². The molecule has 118 valence electrons. The number of fused-ring (bicyclic) bond motifs is 1. The lowest BCUT2D eigenvalue weighted by Gasteiger charge is -2.28. The summed E-state index contributed by atoms with van der Waals surface area (Å²) in [6.07, 6.45) is 1.91. The molecule has 4 nitrogen and oxygen atoms in total. The zero-order chi connectivity index (χ0) is 15.4. The van der Waals surface area contributed by atoms with Crippen molar-refractivity contribution in [1.29, 1.82) is 0 Å². The highest BCUT2D eigenvalue weighted by atomic mass is 32.2. The Balaban J connectivity index is 1.45. The minimum atomic E-state index is -3.32. The van der Waals surface area contributed by atoms with E-state index >= 15 is 0 Å². The van der Waals surface area contributed by atoms with E-state index < -0.39 is 10.0 Å². The van der Waals surface area contributed by atoms with Gasteiger partial charge < -0.3 is 0 Å². The van der Waals surface area contributed by atoms with Gasteiger partial charge in [0.15, 0.2) is 0 Å². The minimum Gasteiger partial charge on any atom is -0.299 e. The molecule has 22 heavy (non-hydrogen) atoms. The Morgan fingerprint density at radius 2 is 1.95 bits per heavy atom. The van der Waals surface area contributed by atoms with Crippen molar-refractivity contribution < 1.29 is 8.42 Å².